The van der Waals surface area contributed by atoms with Gasteiger partial charge in [-0.3, -0.25) is 0 Å². The zero-order valence-electron chi connectivity index (χ0n) is 7.55. The van der Waals surface area contributed by atoms with Crippen LogP contribution in [-0.4, -0.2) is 5.75 Å². The van der Waals surface area contributed by atoms with Crippen LogP contribution in [0.2, 0.25) is 0 Å². The smallest absolute Gasteiger partial charge is 0.175 e. The molecule has 1 aromatic rings. The van der Waals surface area contributed by atoms with Crippen LogP contribution in [0, 0.1) is 0 Å². The van der Waals surface area contributed by atoms with Crippen molar-refractivity contribution < 1.29 is 13.2 Å². The van der Waals surface area contributed by atoms with E-state index in [1.807, 2.05) is 0 Å². The zero-order valence-corrected chi connectivity index (χ0v) is 10.0. The van der Waals surface area contributed by atoms with Crippen LogP contribution in [0.15, 0.2) is 28.7 Å². The van der Waals surface area contributed by atoms with E-state index in [0.717, 1.165) is 6.07 Å². The van der Waals surface area contributed by atoms with E-state index in [1.165, 1.54) is 6.07 Å². The molecule has 0 atom stereocenters. The Morgan fingerprint density at radius 3 is 2.53 bits per heavy atom. The molecule has 0 saturated heterocycles. The van der Waals surface area contributed by atoms with E-state index in [-0.39, 0.29) is 4.47 Å². The van der Waals surface area contributed by atoms with E-state index in [2.05, 4.69) is 28.6 Å². The molecule has 0 spiro atoms. The summed E-state index contributed by atoms with van der Waals surface area (Å²) in [6.45, 7) is 0. The third kappa shape index (κ3) is 3.57. The maximum absolute atomic E-state index is 12.5. The van der Waals surface area contributed by atoms with Crippen LogP contribution in [0.5, 0.6) is 0 Å². The van der Waals surface area contributed by atoms with E-state index in [9.17, 15) is 13.2 Å². The molecule has 0 N–H and O–H groups in total. The molecule has 0 unspecified atom stereocenters. The average molecular weight is 297 g/mol. The van der Waals surface area contributed by atoms with Crippen molar-refractivity contribution >= 4 is 34.6 Å². The van der Waals surface area contributed by atoms with Gasteiger partial charge in [0.2, 0.25) is 0 Å². The highest BCUT2D eigenvalue weighted by Gasteiger charge is 2.32. The predicted molar refractivity (Wildman–Crippen MR) is 62.0 cm³/mol. The molecule has 0 saturated carbocycles. The van der Waals surface area contributed by atoms with Gasteiger partial charge in [-0.05, 0) is 17.7 Å². The third-order valence-electron chi connectivity index (χ3n) is 1.71. The minimum absolute atomic E-state index is 0.0537. The van der Waals surface area contributed by atoms with E-state index >= 15 is 0 Å². The molecule has 0 fully saturated rings. The highest BCUT2D eigenvalue weighted by atomic mass is 79.9. The first-order valence-electron chi connectivity index (χ1n) is 4.09. The average Bonchev–Trinajstić information content (AvgIpc) is 2.15. The molecular formula is C10H8BrF3S. The van der Waals surface area contributed by atoms with Gasteiger partial charge in [0.1, 0.15) is 0 Å². The summed E-state index contributed by atoms with van der Waals surface area (Å²) in [5.74, 6) is 0.497. The highest BCUT2D eigenvalue weighted by Crippen LogP contribution is 2.35. The molecular weight excluding hydrogens is 289 g/mol. The molecule has 0 radical (unpaired) electrons. The molecule has 0 aliphatic carbocycles. The molecule has 1 aromatic carbocycles. The molecule has 0 aromatic heterocycles. The molecule has 1 rings (SSSR count). The fourth-order valence-corrected chi connectivity index (χ4v) is 1.63. The molecule has 0 aliphatic rings. The fraction of sp³-hybridized carbons (Fsp3) is 0.200. The summed E-state index contributed by atoms with van der Waals surface area (Å²) in [6, 6.07) is 4.10. The SMILES string of the molecule is FC(F)(F)c1cc(C=CCS)ccc1Br. The summed E-state index contributed by atoms with van der Waals surface area (Å²) in [4.78, 5) is 0. The maximum Gasteiger partial charge on any atom is 0.417 e. The highest BCUT2D eigenvalue weighted by molar-refractivity contribution is 9.10. The quantitative estimate of drug-likeness (QED) is 0.768. The minimum atomic E-state index is -4.33. The van der Waals surface area contributed by atoms with Crippen molar-refractivity contribution in [2.75, 3.05) is 5.75 Å². The van der Waals surface area contributed by atoms with Crippen molar-refractivity contribution in [3.8, 4) is 0 Å². The van der Waals surface area contributed by atoms with E-state index < -0.39 is 11.7 Å². The standard InChI is InChI=1S/C10H8BrF3S/c11-9-4-3-7(2-1-5-15)6-8(9)10(12,13)14/h1-4,6,15H,5H2. The van der Waals surface area contributed by atoms with Crippen LogP contribution in [-0.2, 0) is 6.18 Å². The maximum atomic E-state index is 12.5. The lowest BCUT2D eigenvalue weighted by atomic mass is 10.1. The molecule has 5 heteroatoms. The topological polar surface area (TPSA) is 0 Å². The number of halogens is 4. The summed E-state index contributed by atoms with van der Waals surface area (Å²) >= 11 is 6.81. The Morgan fingerprint density at radius 1 is 1.33 bits per heavy atom. The number of thiol groups is 1. The molecule has 0 bridgehead atoms. The van der Waals surface area contributed by atoms with Crippen molar-refractivity contribution in [1.82, 2.24) is 0 Å². The summed E-state index contributed by atoms with van der Waals surface area (Å²) < 4.78 is 37.5. The molecule has 0 amide bonds. The first-order valence-corrected chi connectivity index (χ1v) is 5.52. The van der Waals surface area contributed by atoms with Gasteiger partial charge in [0.05, 0.1) is 5.56 Å². The van der Waals surface area contributed by atoms with Crippen LogP contribution < -0.4 is 0 Å². The molecule has 82 valence electrons. The van der Waals surface area contributed by atoms with Gasteiger partial charge in [-0.25, -0.2) is 0 Å². The van der Waals surface area contributed by atoms with Crippen LogP contribution in [0.4, 0.5) is 13.2 Å². The second kappa shape index (κ2) is 5.07. The Labute approximate surface area is 99.7 Å². The van der Waals surface area contributed by atoms with Gasteiger partial charge in [-0.1, -0.05) is 34.1 Å². The van der Waals surface area contributed by atoms with E-state index in [0.29, 0.717) is 11.3 Å². The summed E-state index contributed by atoms with van der Waals surface area (Å²) in [5.41, 5.74) is -0.150. The van der Waals surface area contributed by atoms with Gasteiger partial charge in [-0.15, -0.1) is 0 Å². The van der Waals surface area contributed by atoms with Gasteiger partial charge in [-0.2, -0.15) is 25.8 Å². The Kier molecular flexibility index (Phi) is 4.28. The molecule has 0 nitrogen and oxygen atoms in total. The van der Waals surface area contributed by atoms with Crippen molar-refractivity contribution in [3.63, 3.8) is 0 Å². The van der Waals surface area contributed by atoms with Crippen molar-refractivity contribution in [2.45, 2.75) is 6.18 Å². The normalized spacial score (nSPS) is 12.3. The number of rotatable bonds is 2. The van der Waals surface area contributed by atoms with Crippen molar-refractivity contribution in [2.24, 2.45) is 0 Å². The Balaban J connectivity index is 3.11. The number of benzene rings is 1. The van der Waals surface area contributed by atoms with Gasteiger partial charge < -0.3 is 0 Å². The Morgan fingerprint density at radius 2 is 2.00 bits per heavy atom. The Hall–Kier alpha value is -0.420. The van der Waals surface area contributed by atoms with Crippen molar-refractivity contribution in [3.05, 3.63) is 39.9 Å². The molecule has 0 aliphatic heterocycles. The van der Waals surface area contributed by atoms with Gasteiger partial charge in [0.25, 0.3) is 0 Å². The van der Waals surface area contributed by atoms with Gasteiger partial charge >= 0.3 is 6.18 Å². The van der Waals surface area contributed by atoms with E-state index in [1.54, 1.807) is 18.2 Å². The summed E-state index contributed by atoms with van der Waals surface area (Å²) in [7, 11) is 0. The monoisotopic (exact) mass is 296 g/mol. The first kappa shape index (κ1) is 12.6. The van der Waals surface area contributed by atoms with E-state index in [4.69, 9.17) is 0 Å². The predicted octanol–water partition coefficient (Wildman–Crippen LogP) is 4.41. The van der Waals surface area contributed by atoms with Crippen molar-refractivity contribution in [1.29, 1.82) is 0 Å². The third-order valence-corrected chi connectivity index (χ3v) is 2.61. The zero-order chi connectivity index (χ0) is 11.5. The minimum Gasteiger partial charge on any atom is -0.175 e. The van der Waals surface area contributed by atoms with Gasteiger partial charge in [0, 0.05) is 10.2 Å². The second-order valence-corrected chi connectivity index (χ2v) is 4.04. The van der Waals surface area contributed by atoms with Crippen LogP contribution in [0.3, 0.4) is 0 Å². The number of hydrogen-bond donors (Lipinski definition) is 1. The van der Waals surface area contributed by atoms with Crippen LogP contribution >= 0.6 is 28.6 Å². The molecule has 0 heterocycles. The lowest BCUT2D eigenvalue weighted by molar-refractivity contribution is -0.138. The Bertz CT molecular complexity index is 371. The lowest BCUT2D eigenvalue weighted by Gasteiger charge is -2.09. The fourth-order valence-electron chi connectivity index (χ4n) is 1.05. The summed E-state index contributed by atoms with van der Waals surface area (Å²) in [5, 5.41) is 0. The number of hydrogen-bond acceptors (Lipinski definition) is 1. The van der Waals surface area contributed by atoms with Gasteiger partial charge in [0.15, 0.2) is 0 Å². The van der Waals surface area contributed by atoms with Crippen LogP contribution in [0.25, 0.3) is 6.08 Å². The lowest BCUT2D eigenvalue weighted by Crippen LogP contribution is -2.06. The number of alkyl halides is 3. The molecule has 15 heavy (non-hydrogen) atoms. The largest absolute Gasteiger partial charge is 0.417 e. The first-order chi connectivity index (χ1) is 6.95. The summed E-state index contributed by atoms with van der Waals surface area (Å²) in [6.07, 6.45) is -1.04. The van der Waals surface area contributed by atoms with Crippen LogP contribution in [0.1, 0.15) is 11.1 Å². The second-order valence-electron chi connectivity index (χ2n) is 2.82.